The smallest absolute Gasteiger partial charge is 0.263 e. The van der Waals surface area contributed by atoms with Gasteiger partial charge in [-0.15, -0.1) is 0 Å². The van der Waals surface area contributed by atoms with Gasteiger partial charge < -0.3 is 5.73 Å². The van der Waals surface area contributed by atoms with Gasteiger partial charge in [0.15, 0.2) is 0 Å². The number of halogens is 3. The highest BCUT2D eigenvalue weighted by Crippen LogP contribution is 2.28. The van der Waals surface area contributed by atoms with Crippen LogP contribution < -0.4 is 10.5 Å². The molecule has 0 saturated carbocycles. The van der Waals surface area contributed by atoms with Gasteiger partial charge >= 0.3 is 0 Å². The van der Waals surface area contributed by atoms with Crippen molar-refractivity contribution in [1.82, 2.24) is 0 Å². The average Bonchev–Trinajstić information content (AvgIpc) is 2.33. The fraction of sp³-hybridized carbons (Fsp3) is 0. The summed E-state index contributed by atoms with van der Waals surface area (Å²) in [5, 5.41) is 0. The first kappa shape index (κ1) is 15.3. The molecule has 0 aromatic heterocycles. The molecule has 0 atom stereocenters. The summed E-state index contributed by atoms with van der Waals surface area (Å²) >= 11 is 6.39. The van der Waals surface area contributed by atoms with Crippen molar-refractivity contribution in [2.45, 2.75) is 4.90 Å². The zero-order valence-corrected chi connectivity index (χ0v) is 13.9. The normalized spacial score (nSPS) is 11.3. The van der Waals surface area contributed by atoms with Crippen molar-refractivity contribution in [3.8, 4) is 0 Å². The van der Waals surface area contributed by atoms with Gasteiger partial charge in [0.25, 0.3) is 10.0 Å². The molecule has 0 aliphatic heterocycles. The van der Waals surface area contributed by atoms with Gasteiger partial charge in [0.05, 0.1) is 5.69 Å². The Labute approximate surface area is 132 Å². The summed E-state index contributed by atoms with van der Waals surface area (Å²) in [6, 6.07) is 8.24. The second-order valence-corrected chi connectivity index (χ2v) is 7.34. The maximum Gasteiger partial charge on any atom is 0.263 e. The van der Waals surface area contributed by atoms with Gasteiger partial charge in [-0.25, -0.2) is 12.8 Å². The highest BCUT2D eigenvalue weighted by Gasteiger charge is 2.19. The predicted octanol–water partition coefficient (Wildman–Crippen LogP) is 3.73. The van der Waals surface area contributed by atoms with Crippen LogP contribution in [-0.4, -0.2) is 8.42 Å². The third kappa shape index (κ3) is 3.31. The minimum absolute atomic E-state index is 0.00234. The molecule has 2 aromatic carbocycles. The van der Waals surface area contributed by atoms with E-state index in [-0.39, 0.29) is 16.3 Å². The van der Waals surface area contributed by atoms with E-state index < -0.39 is 15.8 Å². The van der Waals surface area contributed by atoms with Crippen molar-refractivity contribution in [2.75, 3.05) is 10.5 Å². The number of hydrogen-bond acceptors (Lipinski definition) is 3. The Morgan fingerprint density at radius 3 is 2.45 bits per heavy atom. The lowest BCUT2D eigenvalue weighted by molar-refractivity contribution is 0.598. The molecule has 8 heteroatoms. The number of rotatable bonds is 3. The van der Waals surface area contributed by atoms with E-state index in [0.29, 0.717) is 4.47 Å². The third-order valence-corrected chi connectivity index (χ3v) is 5.25. The molecule has 106 valence electrons. The Morgan fingerprint density at radius 2 is 1.80 bits per heavy atom. The second kappa shape index (κ2) is 5.71. The molecule has 0 unspecified atom stereocenters. The summed E-state index contributed by atoms with van der Waals surface area (Å²) in [5.74, 6) is -0.698. The monoisotopic (exact) mass is 422 g/mol. The molecule has 0 radical (unpaired) electrons. The first-order valence-corrected chi connectivity index (χ1v) is 8.39. The van der Waals surface area contributed by atoms with E-state index in [0.717, 1.165) is 10.5 Å². The lowest BCUT2D eigenvalue weighted by Gasteiger charge is -2.11. The number of nitrogens with two attached hydrogens (primary N) is 1. The van der Waals surface area contributed by atoms with Crippen LogP contribution >= 0.6 is 31.9 Å². The molecule has 3 N–H and O–H groups in total. The van der Waals surface area contributed by atoms with E-state index in [2.05, 4.69) is 36.6 Å². The number of nitrogens with one attached hydrogen (secondary N) is 1. The number of nitrogen functional groups attached to an aromatic ring is 1. The highest BCUT2D eigenvalue weighted by atomic mass is 79.9. The minimum Gasteiger partial charge on any atom is -0.399 e. The van der Waals surface area contributed by atoms with Gasteiger partial charge in [0, 0.05) is 14.6 Å². The molecule has 0 spiro atoms. The molecule has 0 saturated heterocycles. The fourth-order valence-corrected chi connectivity index (χ4v) is 4.32. The van der Waals surface area contributed by atoms with Crippen LogP contribution in [0, 0.1) is 5.82 Å². The summed E-state index contributed by atoms with van der Waals surface area (Å²) in [4.78, 5) is 0.00234. The molecule has 0 amide bonds. The van der Waals surface area contributed by atoms with Crippen LogP contribution in [0.2, 0.25) is 0 Å². The Bertz CT molecular complexity index is 766. The second-order valence-electron chi connectivity index (χ2n) is 3.92. The number of anilines is 2. The van der Waals surface area contributed by atoms with Crippen molar-refractivity contribution in [2.24, 2.45) is 0 Å². The van der Waals surface area contributed by atoms with Gasteiger partial charge in [-0.05, 0) is 52.3 Å². The van der Waals surface area contributed by atoms with E-state index in [1.54, 1.807) is 12.1 Å². The summed E-state index contributed by atoms with van der Waals surface area (Å²) < 4.78 is 41.3. The minimum atomic E-state index is -3.91. The highest BCUT2D eigenvalue weighted by molar-refractivity contribution is 9.11. The van der Waals surface area contributed by atoms with Gasteiger partial charge in [0.2, 0.25) is 0 Å². The van der Waals surface area contributed by atoms with Crippen molar-refractivity contribution in [1.29, 1.82) is 0 Å². The Hall–Kier alpha value is -1.12. The van der Waals surface area contributed by atoms with Crippen molar-refractivity contribution >= 4 is 53.3 Å². The molecule has 4 nitrogen and oxygen atoms in total. The van der Waals surface area contributed by atoms with Crippen molar-refractivity contribution < 1.29 is 12.8 Å². The van der Waals surface area contributed by atoms with E-state index in [1.807, 2.05) is 0 Å². The van der Waals surface area contributed by atoms with Crippen LogP contribution in [0.1, 0.15) is 0 Å². The van der Waals surface area contributed by atoms with E-state index in [1.165, 1.54) is 18.2 Å². The van der Waals surface area contributed by atoms with Crippen LogP contribution in [0.5, 0.6) is 0 Å². The molecule has 2 rings (SSSR count). The molecule has 0 fully saturated rings. The standard InChI is InChI=1S/C12H9Br2FN2O2S/c13-7-1-4-12(9(14)5-7)20(18,19)17-11-6-8(16)2-3-10(11)15/h1-6,17H,16H2. The fourth-order valence-electron chi connectivity index (χ4n) is 1.51. The van der Waals surface area contributed by atoms with Crippen LogP contribution in [-0.2, 0) is 10.0 Å². The molecule has 0 heterocycles. The predicted molar refractivity (Wildman–Crippen MR) is 83.5 cm³/mol. The third-order valence-electron chi connectivity index (χ3n) is 2.42. The van der Waals surface area contributed by atoms with Gasteiger partial charge in [-0.2, -0.15) is 0 Å². The van der Waals surface area contributed by atoms with Gasteiger partial charge in [-0.1, -0.05) is 15.9 Å². The molecule has 20 heavy (non-hydrogen) atoms. The molecule has 0 aliphatic carbocycles. The van der Waals surface area contributed by atoms with Crippen LogP contribution in [0.4, 0.5) is 15.8 Å². The summed E-state index contributed by atoms with van der Waals surface area (Å²) in [6.07, 6.45) is 0. The number of sulfonamides is 1. The summed E-state index contributed by atoms with van der Waals surface area (Å²) in [7, 11) is -3.91. The quantitative estimate of drug-likeness (QED) is 0.738. The Kier molecular flexibility index (Phi) is 4.36. The molecular formula is C12H9Br2FN2O2S. The topological polar surface area (TPSA) is 72.2 Å². The first-order chi connectivity index (χ1) is 9.29. The Morgan fingerprint density at radius 1 is 1.10 bits per heavy atom. The van der Waals surface area contributed by atoms with E-state index >= 15 is 0 Å². The Balaban J connectivity index is 2.43. The van der Waals surface area contributed by atoms with Crippen LogP contribution in [0.25, 0.3) is 0 Å². The van der Waals surface area contributed by atoms with Crippen molar-refractivity contribution in [3.05, 3.63) is 51.2 Å². The largest absolute Gasteiger partial charge is 0.399 e. The number of hydrogen-bond donors (Lipinski definition) is 2. The summed E-state index contributed by atoms with van der Waals surface area (Å²) in [5.41, 5.74) is 5.59. The van der Waals surface area contributed by atoms with Crippen molar-refractivity contribution in [3.63, 3.8) is 0 Å². The van der Waals surface area contributed by atoms with Gasteiger partial charge in [-0.3, -0.25) is 4.72 Å². The summed E-state index contributed by atoms with van der Waals surface area (Å²) in [6.45, 7) is 0. The SMILES string of the molecule is Nc1ccc(F)c(NS(=O)(=O)c2ccc(Br)cc2Br)c1. The number of benzene rings is 2. The lowest BCUT2D eigenvalue weighted by Crippen LogP contribution is -2.14. The van der Waals surface area contributed by atoms with Crippen LogP contribution in [0.3, 0.4) is 0 Å². The van der Waals surface area contributed by atoms with Crippen LogP contribution in [0.15, 0.2) is 50.2 Å². The average molecular weight is 424 g/mol. The van der Waals surface area contributed by atoms with Gasteiger partial charge in [0.1, 0.15) is 10.7 Å². The molecule has 0 bridgehead atoms. The van der Waals surface area contributed by atoms with E-state index in [4.69, 9.17) is 5.73 Å². The lowest BCUT2D eigenvalue weighted by atomic mass is 10.3. The van der Waals surface area contributed by atoms with E-state index in [9.17, 15) is 12.8 Å². The molecular weight excluding hydrogens is 415 g/mol. The molecule has 2 aromatic rings. The zero-order valence-electron chi connectivity index (χ0n) is 9.90. The zero-order chi connectivity index (χ0) is 14.9. The maximum atomic E-state index is 13.6. The maximum absolute atomic E-state index is 13.6. The molecule has 0 aliphatic rings. The first-order valence-electron chi connectivity index (χ1n) is 5.32.